The molecule has 0 saturated heterocycles. The van der Waals surface area contributed by atoms with Gasteiger partial charge >= 0.3 is 0 Å². The minimum Gasteiger partial charge on any atom is -0.486 e. The summed E-state index contributed by atoms with van der Waals surface area (Å²) in [6, 6.07) is 9.69. The van der Waals surface area contributed by atoms with Crippen molar-refractivity contribution >= 4 is 17.2 Å². The molecule has 2 heterocycles. The van der Waals surface area contributed by atoms with Crippen LogP contribution in [0.15, 0.2) is 35.7 Å². The van der Waals surface area contributed by atoms with Gasteiger partial charge in [-0.3, -0.25) is 4.79 Å². The summed E-state index contributed by atoms with van der Waals surface area (Å²) in [5.41, 5.74) is 0.922. The molecule has 0 bridgehead atoms. The maximum atomic E-state index is 12.1. The maximum Gasteiger partial charge on any atom is 0.261 e. The van der Waals surface area contributed by atoms with Gasteiger partial charge in [0.1, 0.15) is 13.2 Å². The van der Waals surface area contributed by atoms with Crippen molar-refractivity contribution in [2.75, 3.05) is 19.8 Å². The van der Waals surface area contributed by atoms with Gasteiger partial charge in [0.2, 0.25) is 0 Å². The molecule has 2 aromatic rings. The van der Waals surface area contributed by atoms with Crippen molar-refractivity contribution in [3.63, 3.8) is 0 Å². The summed E-state index contributed by atoms with van der Waals surface area (Å²) in [6.07, 6.45) is 0. The van der Waals surface area contributed by atoms with Crippen LogP contribution in [0, 0.1) is 0 Å². The number of hydrogen-bond donors (Lipinski definition) is 1. The number of ether oxygens (including phenoxy) is 2. The fourth-order valence-electron chi connectivity index (χ4n) is 2.36. The Bertz CT molecular complexity index is 665. The lowest BCUT2D eigenvalue weighted by molar-refractivity contribution is 0.0949. The van der Waals surface area contributed by atoms with Crippen molar-refractivity contribution in [1.82, 2.24) is 5.32 Å². The van der Waals surface area contributed by atoms with Gasteiger partial charge in [0, 0.05) is 12.0 Å². The van der Waals surface area contributed by atoms with Gasteiger partial charge in [-0.15, -0.1) is 11.3 Å². The molecule has 0 aliphatic carbocycles. The second-order valence-corrected chi connectivity index (χ2v) is 6.85. The minimum atomic E-state index is -0.192. The molecule has 0 spiro atoms. The number of amides is 1. The van der Waals surface area contributed by atoms with E-state index in [9.17, 15) is 4.79 Å². The van der Waals surface area contributed by atoms with Crippen LogP contribution in [0.1, 0.15) is 29.1 Å². The van der Waals surface area contributed by atoms with Crippen molar-refractivity contribution in [2.24, 2.45) is 0 Å². The first-order chi connectivity index (χ1) is 10.6. The summed E-state index contributed by atoms with van der Waals surface area (Å²) < 4.78 is 11.2. The van der Waals surface area contributed by atoms with E-state index < -0.39 is 0 Å². The Labute approximate surface area is 134 Å². The number of rotatable bonds is 4. The third-order valence-corrected chi connectivity index (χ3v) is 4.63. The molecule has 0 unspecified atom stereocenters. The van der Waals surface area contributed by atoms with Crippen LogP contribution in [-0.2, 0) is 5.41 Å². The van der Waals surface area contributed by atoms with Crippen LogP contribution in [0.3, 0.4) is 0 Å². The molecule has 22 heavy (non-hydrogen) atoms. The van der Waals surface area contributed by atoms with E-state index in [4.69, 9.17) is 9.47 Å². The summed E-state index contributed by atoms with van der Waals surface area (Å²) in [7, 11) is 0. The molecule has 1 aliphatic rings. The average molecular weight is 317 g/mol. The standard InChI is InChI=1S/C17H19NO3S/c1-17(2,11-18-16(19)15-4-3-9-22-15)12-5-6-13-14(10-12)21-8-7-20-13/h3-6,9-10H,7-8,11H2,1-2H3,(H,18,19). The molecule has 1 amide bonds. The zero-order valence-corrected chi connectivity index (χ0v) is 13.5. The van der Waals surface area contributed by atoms with E-state index >= 15 is 0 Å². The van der Waals surface area contributed by atoms with Crippen molar-refractivity contribution in [2.45, 2.75) is 19.3 Å². The normalized spacial score (nSPS) is 13.7. The van der Waals surface area contributed by atoms with Crippen molar-refractivity contribution in [1.29, 1.82) is 0 Å². The Kier molecular flexibility index (Phi) is 4.07. The van der Waals surface area contributed by atoms with Gasteiger partial charge < -0.3 is 14.8 Å². The smallest absolute Gasteiger partial charge is 0.261 e. The van der Waals surface area contributed by atoms with Gasteiger partial charge in [0.05, 0.1) is 4.88 Å². The molecular formula is C17H19NO3S. The van der Waals surface area contributed by atoms with E-state index in [1.807, 2.05) is 35.7 Å². The lowest BCUT2D eigenvalue weighted by atomic mass is 9.84. The van der Waals surface area contributed by atoms with Crippen LogP contribution in [0.2, 0.25) is 0 Å². The molecule has 1 aromatic carbocycles. The molecule has 3 rings (SSSR count). The predicted molar refractivity (Wildman–Crippen MR) is 87.1 cm³/mol. The van der Waals surface area contributed by atoms with E-state index in [0.29, 0.717) is 19.8 Å². The zero-order valence-electron chi connectivity index (χ0n) is 12.7. The highest BCUT2D eigenvalue weighted by molar-refractivity contribution is 7.12. The maximum absolute atomic E-state index is 12.1. The lowest BCUT2D eigenvalue weighted by Crippen LogP contribution is -2.36. The molecule has 0 radical (unpaired) electrons. The van der Waals surface area contributed by atoms with Crippen molar-refractivity contribution in [3.8, 4) is 11.5 Å². The fourth-order valence-corrected chi connectivity index (χ4v) is 3.00. The molecule has 0 fully saturated rings. The summed E-state index contributed by atoms with van der Waals surface area (Å²) in [4.78, 5) is 12.8. The van der Waals surface area contributed by atoms with Gasteiger partial charge in [-0.2, -0.15) is 0 Å². The van der Waals surface area contributed by atoms with E-state index in [0.717, 1.165) is 21.9 Å². The number of thiophene rings is 1. The Morgan fingerprint density at radius 1 is 1.23 bits per heavy atom. The Morgan fingerprint density at radius 2 is 2.00 bits per heavy atom. The molecule has 0 atom stereocenters. The van der Waals surface area contributed by atoms with Gasteiger partial charge in [-0.05, 0) is 29.1 Å². The minimum absolute atomic E-state index is 0.0272. The van der Waals surface area contributed by atoms with Crippen LogP contribution in [0.5, 0.6) is 11.5 Å². The third kappa shape index (κ3) is 3.09. The van der Waals surface area contributed by atoms with Crippen LogP contribution >= 0.6 is 11.3 Å². The summed E-state index contributed by atoms with van der Waals surface area (Å²) in [6.45, 7) is 5.93. The predicted octanol–water partition coefficient (Wildman–Crippen LogP) is 3.23. The first-order valence-electron chi connectivity index (χ1n) is 7.28. The average Bonchev–Trinajstić information content (AvgIpc) is 3.07. The van der Waals surface area contributed by atoms with Crippen LogP contribution in [0.4, 0.5) is 0 Å². The van der Waals surface area contributed by atoms with Gasteiger partial charge in [-0.25, -0.2) is 0 Å². The molecule has 4 nitrogen and oxygen atoms in total. The van der Waals surface area contributed by atoms with E-state index in [1.165, 1.54) is 11.3 Å². The Balaban J connectivity index is 1.71. The molecule has 1 N–H and O–H groups in total. The number of fused-ring (bicyclic) bond motifs is 1. The largest absolute Gasteiger partial charge is 0.486 e. The quantitative estimate of drug-likeness (QED) is 0.942. The number of benzene rings is 1. The monoisotopic (exact) mass is 317 g/mol. The molecule has 5 heteroatoms. The second kappa shape index (κ2) is 6.01. The number of nitrogens with one attached hydrogen (secondary N) is 1. The summed E-state index contributed by atoms with van der Waals surface area (Å²) in [5.74, 6) is 1.54. The topological polar surface area (TPSA) is 47.6 Å². The highest BCUT2D eigenvalue weighted by atomic mass is 32.1. The first-order valence-corrected chi connectivity index (χ1v) is 8.16. The zero-order chi connectivity index (χ0) is 15.6. The van der Waals surface area contributed by atoms with Crippen molar-refractivity contribution in [3.05, 3.63) is 46.2 Å². The molecule has 1 aromatic heterocycles. The first kappa shape index (κ1) is 14.9. The lowest BCUT2D eigenvalue weighted by Gasteiger charge is -2.27. The molecular weight excluding hydrogens is 298 g/mol. The van der Waals surface area contributed by atoms with Crippen LogP contribution in [-0.4, -0.2) is 25.7 Å². The van der Waals surface area contributed by atoms with E-state index in [-0.39, 0.29) is 11.3 Å². The van der Waals surface area contributed by atoms with Crippen molar-refractivity contribution < 1.29 is 14.3 Å². The van der Waals surface area contributed by atoms with E-state index in [1.54, 1.807) is 0 Å². The van der Waals surface area contributed by atoms with Crippen LogP contribution in [0.25, 0.3) is 0 Å². The Hall–Kier alpha value is -2.01. The third-order valence-electron chi connectivity index (χ3n) is 3.76. The molecule has 0 saturated carbocycles. The Morgan fingerprint density at radius 3 is 2.73 bits per heavy atom. The fraction of sp³-hybridized carbons (Fsp3) is 0.353. The van der Waals surface area contributed by atoms with Gasteiger partial charge in [-0.1, -0.05) is 26.0 Å². The molecule has 1 aliphatic heterocycles. The molecule has 116 valence electrons. The van der Waals surface area contributed by atoms with Gasteiger partial charge in [0.15, 0.2) is 11.5 Å². The highest BCUT2D eigenvalue weighted by Crippen LogP contribution is 2.34. The SMILES string of the molecule is CC(C)(CNC(=O)c1cccs1)c1ccc2c(c1)OCCO2. The summed E-state index contributed by atoms with van der Waals surface area (Å²) >= 11 is 1.45. The summed E-state index contributed by atoms with van der Waals surface area (Å²) in [5, 5.41) is 4.91. The second-order valence-electron chi connectivity index (χ2n) is 5.90. The number of carbonyl (C=O) groups is 1. The van der Waals surface area contributed by atoms with Gasteiger partial charge in [0.25, 0.3) is 5.91 Å². The highest BCUT2D eigenvalue weighted by Gasteiger charge is 2.24. The number of hydrogen-bond acceptors (Lipinski definition) is 4. The van der Waals surface area contributed by atoms with Crippen LogP contribution < -0.4 is 14.8 Å². The number of carbonyl (C=O) groups excluding carboxylic acids is 1. The van der Waals surface area contributed by atoms with E-state index in [2.05, 4.69) is 19.2 Å².